The molecule has 0 saturated carbocycles. The van der Waals surface area contributed by atoms with Gasteiger partial charge in [0.05, 0.1) is 0 Å². The summed E-state index contributed by atoms with van der Waals surface area (Å²) < 4.78 is 15.8. The molecule has 0 aromatic heterocycles. The Labute approximate surface area is 118 Å². The van der Waals surface area contributed by atoms with Gasteiger partial charge in [-0.1, -0.05) is 38.5 Å². The summed E-state index contributed by atoms with van der Waals surface area (Å²) in [5, 5.41) is 0. The van der Waals surface area contributed by atoms with E-state index in [9.17, 15) is 0 Å². The van der Waals surface area contributed by atoms with E-state index < -0.39 is 5.97 Å². The number of thiol groups is 1. The third kappa shape index (κ3) is 8.35. The van der Waals surface area contributed by atoms with Gasteiger partial charge in [-0.25, -0.2) is 0 Å². The maximum atomic E-state index is 5.26. The lowest BCUT2D eigenvalue weighted by Crippen LogP contribution is -2.35. The molecule has 0 aromatic rings. The van der Waals surface area contributed by atoms with E-state index in [1.54, 1.807) is 21.3 Å². The van der Waals surface area contributed by atoms with Crippen molar-refractivity contribution < 1.29 is 14.2 Å². The van der Waals surface area contributed by atoms with Crippen molar-refractivity contribution in [2.24, 2.45) is 0 Å². The standard InChI is InChI=1S/C14H30O3S/c1-15-14(16-2,17-3)12-10-8-6-4-5-7-9-11-13-18/h18H,4-13H2,1-3H3. The Hall–Kier alpha value is 0.230. The molecule has 0 aliphatic rings. The van der Waals surface area contributed by atoms with Crippen molar-refractivity contribution in [1.29, 1.82) is 0 Å². The second kappa shape index (κ2) is 12.3. The van der Waals surface area contributed by atoms with E-state index in [0.717, 1.165) is 18.6 Å². The van der Waals surface area contributed by atoms with Gasteiger partial charge < -0.3 is 14.2 Å². The van der Waals surface area contributed by atoms with Crippen LogP contribution in [0.5, 0.6) is 0 Å². The van der Waals surface area contributed by atoms with Crippen LogP contribution in [-0.4, -0.2) is 33.1 Å². The SMILES string of the molecule is COC(CCCCCCCCCCS)(OC)OC. The second-order valence-electron chi connectivity index (χ2n) is 4.60. The van der Waals surface area contributed by atoms with Gasteiger partial charge >= 0.3 is 0 Å². The van der Waals surface area contributed by atoms with Gasteiger partial charge in [0.1, 0.15) is 0 Å². The molecule has 0 aliphatic carbocycles. The Morgan fingerprint density at radius 2 is 1.06 bits per heavy atom. The maximum absolute atomic E-state index is 5.26. The summed E-state index contributed by atoms with van der Waals surface area (Å²) >= 11 is 4.21. The Balaban J connectivity index is 3.38. The Morgan fingerprint density at radius 1 is 0.667 bits per heavy atom. The van der Waals surface area contributed by atoms with E-state index in [1.807, 2.05) is 0 Å². The molecule has 0 aliphatic heterocycles. The predicted octanol–water partition coefficient (Wildman–Crippen LogP) is 4.02. The summed E-state index contributed by atoms with van der Waals surface area (Å²) in [7, 11) is 4.86. The zero-order chi connectivity index (χ0) is 13.7. The number of ether oxygens (including phenoxy) is 3. The molecule has 0 N–H and O–H groups in total. The van der Waals surface area contributed by atoms with E-state index in [4.69, 9.17) is 14.2 Å². The first kappa shape index (κ1) is 18.2. The van der Waals surface area contributed by atoms with Crippen LogP contribution >= 0.6 is 12.6 Å². The van der Waals surface area contributed by atoms with Crippen LogP contribution in [0.4, 0.5) is 0 Å². The molecule has 0 saturated heterocycles. The molecular weight excluding hydrogens is 248 g/mol. The number of unbranched alkanes of at least 4 members (excludes halogenated alkanes) is 7. The normalized spacial score (nSPS) is 12.0. The third-order valence-electron chi connectivity index (χ3n) is 3.32. The lowest BCUT2D eigenvalue weighted by atomic mass is 10.1. The van der Waals surface area contributed by atoms with E-state index in [2.05, 4.69) is 12.6 Å². The van der Waals surface area contributed by atoms with Gasteiger partial charge in [-0.2, -0.15) is 12.6 Å². The van der Waals surface area contributed by atoms with Crippen molar-refractivity contribution in [3.63, 3.8) is 0 Å². The fraction of sp³-hybridized carbons (Fsp3) is 1.00. The highest BCUT2D eigenvalue weighted by Crippen LogP contribution is 2.21. The first-order chi connectivity index (χ1) is 8.74. The molecule has 18 heavy (non-hydrogen) atoms. The Kier molecular flexibility index (Phi) is 12.4. The zero-order valence-electron chi connectivity index (χ0n) is 12.2. The molecule has 0 heterocycles. The molecule has 0 atom stereocenters. The highest BCUT2D eigenvalue weighted by molar-refractivity contribution is 7.80. The third-order valence-corrected chi connectivity index (χ3v) is 3.64. The van der Waals surface area contributed by atoms with Gasteiger partial charge in [0.15, 0.2) is 0 Å². The summed E-state index contributed by atoms with van der Waals surface area (Å²) in [6, 6.07) is 0. The van der Waals surface area contributed by atoms with Crippen LogP contribution in [-0.2, 0) is 14.2 Å². The molecule has 4 heteroatoms. The van der Waals surface area contributed by atoms with Gasteiger partial charge in [0.25, 0.3) is 5.97 Å². The van der Waals surface area contributed by atoms with Gasteiger partial charge in [-0.05, 0) is 18.6 Å². The highest BCUT2D eigenvalue weighted by Gasteiger charge is 2.28. The Bertz CT molecular complexity index is 164. The molecular formula is C14H30O3S. The number of methoxy groups -OCH3 is 3. The molecule has 0 aromatic carbocycles. The van der Waals surface area contributed by atoms with Gasteiger partial charge in [-0.3, -0.25) is 0 Å². The fourth-order valence-electron chi connectivity index (χ4n) is 2.07. The molecule has 110 valence electrons. The summed E-state index contributed by atoms with van der Waals surface area (Å²) in [6.45, 7) is 0. The summed E-state index contributed by atoms with van der Waals surface area (Å²) in [5.74, 6) is 0.180. The Morgan fingerprint density at radius 3 is 1.44 bits per heavy atom. The topological polar surface area (TPSA) is 27.7 Å². The molecule has 0 radical (unpaired) electrons. The molecule has 3 nitrogen and oxygen atoms in total. The van der Waals surface area contributed by atoms with Gasteiger partial charge in [0, 0.05) is 27.8 Å². The average Bonchev–Trinajstić information content (AvgIpc) is 2.42. The zero-order valence-corrected chi connectivity index (χ0v) is 13.1. The lowest BCUT2D eigenvalue weighted by molar-refractivity contribution is -0.355. The van der Waals surface area contributed by atoms with Gasteiger partial charge in [0.2, 0.25) is 0 Å². The smallest absolute Gasteiger partial charge is 0.282 e. The fourth-order valence-corrected chi connectivity index (χ4v) is 2.29. The predicted molar refractivity (Wildman–Crippen MR) is 79.2 cm³/mol. The molecule has 0 fully saturated rings. The van der Waals surface area contributed by atoms with Crippen LogP contribution in [0, 0.1) is 0 Å². The first-order valence-corrected chi connectivity index (χ1v) is 7.64. The largest absolute Gasteiger partial charge is 0.331 e. The van der Waals surface area contributed by atoms with Crippen LogP contribution in [0.25, 0.3) is 0 Å². The summed E-state index contributed by atoms with van der Waals surface area (Å²) in [4.78, 5) is 0. The first-order valence-electron chi connectivity index (χ1n) is 7.01. The van der Waals surface area contributed by atoms with Crippen molar-refractivity contribution in [1.82, 2.24) is 0 Å². The average molecular weight is 278 g/mol. The van der Waals surface area contributed by atoms with E-state index in [1.165, 1.54) is 44.9 Å². The summed E-state index contributed by atoms with van der Waals surface area (Å²) in [6.07, 6.45) is 11.0. The van der Waals surface area contributed by atoms with Crippen LogP contribution in [0.3, 0.4) is 0 Å². The van der Waals surface area contributed by atoms with Crippen LogP contribution in [0.2, 0.25) is 0 Å². The monoisotopic (exact) mass is 278 g/mol. The van der Waals surface area contributed by atoms with E-state index >= 15 is 0 Å². The summed E-state index contributed by atoms with van der Waals surface area (Å²) in [5.41, 5.74) is 0. The number of hydrogen-bond acceptors (Lipinski definition) is 4. The van der Waals surface area contributed by atoms with E-state index in [0.29, 0.717) is 0 Å². The van der Waals surface area contributed by atoms with Gasteiger partial charge in [-0.15, -0.1) is 0 Å². The highest BCUT2D eigenvalue weighted by atomic mass is 32.1. The quantitative estimate of drug-likeness (QED) is 0.313. The molecule has 0 spiro atoms. The van der Waals surface area contributed by atoms with E-state index in [-0.39, 0.29) is 0 Å². The minimum atomic E-state index is -0.841. The number of rotatable bonds is 13. The van der Waals surface area contributed by atoms with Crippen molar-refractivity contribution in [2.45, 2.75) is 63.8 Å². The second-order valence-corrected chi connectivity index (χ2v) is 5.04. The van der Waals surface area contributed by atoms with Crippen molar-refractivity contribution in [2.75, 3.05) is 27.1 Å². The molecule has 0 unspecified atom stereocenters. The minimum absolute atomic E-state index is 0.788. The van der Waals surface area contributed by atoms with Crippen molar-refractivity contribution in [3.8, 4) is 0 Å². The maximum Gasteiger partial charge on any atom is 0.282 e. The van der Waals surface area contributed by atoms with Crippen molar-refractivity contribution in [3.05, 3.63) is 0 Å². The molecule has 0 bridgehead atoms. The number of hydrogen-bond donors (Lipinski definition) is 1. The minimum Gasteiger partial charge on any atom is -0.331 e. The van der Waals surface area contributed by atoms with Crippen LogP contribution in [0.15, 0.2) is 0 Å². The lowest BCUT2D eigenvalue weighted by Gasteiger charge is -2.28. The molecule has 0 rings (SSSR count). The van der Waals surface area contributed by atoms with Crippen molar-refractivity contribution >= 4 is 12.6 Å². The van der Waals surface area contributed by atoms with Crippen LogP contribution < -0.4 is 0 Å². The van der Waals surface area contributed by atoms with Crippen LogP contribution in [0.1, 0.15) is 57.8 Å². The molecule has 0 amide bonds.